The zero-order valence-electron chi connectivity index (χ0n) is 8.07. The van der Waals surface area contributed by atoms with Crippen LogP contribution in [0.15, 0.2) is 0 Å². The molecule has 0 heterocycles. The summed E-state index contributed by atoms with van der Waals surface area (Å²) in [4.78, 5) is 20.2. The van der Waals surface area contributed by atoms with Gasteiger partial charge in [-0.2, -0.15) is 0 Å². The summed E-state index contributed by atoms with van der Waals surface area (Å²) in [7, 11) is 0. The summed E-state index contributed by atoms with van der Waals surface area (Å²) in [5.74, 6) is -1.65. The summed E-state index contributed by atoms with van der Waals surface area (Å²) in [5.41, 5.74) is 0. The number of aliphatic carboxylic acids is 2. The minimum absolute atomic E-state index is 0.0229. The van der Waals surface area contributed by atoms with Gasteiger partial charge in [-0.05, 0) is 12.8 Å². The van der Waals surface area contributed by atoms with Crippen molar-refractivity contribution in [2.24, 2.45) is 0 Å². The van der Waals surface area contributed by atoms with Crippen molar-refractivity contribution >= 4 is 11.9 Å². The fraction of sp³-hybridized carbons (Fsp3) is 0.778. The maximum Gasteiger partial charge on any atom is 0.305 e. The summed E-state index contributed by atoms with van der Waals surface area (Å²) in [6.45, 7) is 0.737. The van der Waals surface area contributed by atoms with Crippen molar-refractivity contribution in [2.45, 2.75) is 32.1 Å². The van der Waals surface area contributed by atoms with E-state index in [0.29, 0.717) is 13.0 Å². The lowest BCUT2D eigenvalue weighted by Gasteiger charge is -2.01. The van der Waals surface area contributed by atoms with Crippen LogP contribution in [-0.4, -0.2) is 35.4 Å². The molecule has 0 aromatic carbocycles. The molecule has 82 valence electrons. The van der Waals surface area contributed by atoms with Crippen LogP contribution >= 0.6 is 0 Å². The lowest BCUT2D eigenvalue weighted by atomic mass is 10.2. The Hall–Kier alpha value is -1.10. The minimum atomic E-state index is -0.865. The van der Waals surface area contributed by atoms with Gasteiger partial charge in [-0.15, -0.1) is 0 Å². The maximum atomic E-state index is 10.1. The van der Waals surface area contributed by atoms with Crippen LogP contribution in [0, 0.1) is 0 Å². The second kappa shape index (κ2) is 8.50. The Bertz CT molecular complexity index is 158. The molecule has 0 spiro atoms. The minimum Gasteiger partial charge on any atom is -0.481 e. The second-order valence-electron chi connectivity index (χ2n) is 2.96. The highest BCUT2D eigenvalue weighted by Gasteiger charge is 1.98. The predicted molar refractivity (Wildman–Crippen MR) is 49.2 cm³/mol. The van der Waals surface area contributed by atoms with Gasteiger partial charge >= 0.3 is 11.9 Å². The van der Waals surface area contributed by atoms with Gasteiger partial charge in [0.1, 0.15) is 0 Å². The van der Waals surface area contributed by atoms with Crippen LogP contribution in [0.3, 0.4) is 0 Å². The Labute approximate surface area is 82.7 Å². The van der Waals surface area contributed by atoms with Gasteiger partial charge in [-0.25, -0.2) is 0 Å². The van der Waals surface area contributed by atoms with Gasteiger partial charge < -0.3 is 14.9 Å². The summed E-state index contributed by atoms with van der Waals surface area (Å²) in [6, 6.07) is 0. The molecule has 0 amide bonds. The average molecular weight is 204 g/mol. The topological polar surface area (TPSA) is 83.8 Å². The predicted octanol–water partition coefficient (Wildman–Crippen LogP) is 1.12. The first-order valence-corrected chi connectivity index (χ1v) is 4.64. The molecule has 0 aliphatic heterocycles. The molecule has 0 aromatic heterocycles. The molecule has 5 heteroatoms. The molecule has 2 N–H and O–H groups in total. The summed E-state index contributed by atoms with van der Waals surface area (Å²) >= 11 is 0. The largest absolute Gasteiger partial charge is 0.481 e. The van der Waals surface area contributed by atoms with Crippen LogP contribution < -0.4 is 0 Å². The molecule has 0 fully saturated rings. The molecule has 0 aliphatic rings. The summed E-state index contributed by atoms with van der Waals surface area (Å²) in [5, 5.41) is 16.6. The van der Waals surface area contributed by atoms with E-state index in [1.165, 1.54) is 0 Å². The van der Waals surface area contributed by atoms with Gasteiger partial charge in [0.25, 0.3) is 0 Å². The maximum absolute atomic E-state index is 10.1. The van der Waals surface area contributed by atoms with Crippen molar-refractivity contribution in [3.63, 3.8) is 0 Å². The number of carboxylic acid groups (broad SMARTS) is 2. The number of rotatable bonds is 9. The molecule has 0 saturated carbocycles. The van der Waals surface area contributed by atoms with E-state index in [0.717, 1.165) is 12.8 Å². The van der Waals surface area contributed by atoms with Crippen molar-refractivity contribution < 1.29 is 24.5 Å². The van der Waals surface area contributed by atoms with E-state index in [2.05, 4.69) is 0 Å². The number of ether oxygens (including phenoxy) is 1. The molecular formula is C9H16O5. The molecule has 0 bridgehead atoms. The van der Waals surface area contributed by atoms with Gasteiger partial charge in [-0.1, -0.05) is 6.42 Å². The molecule has 14 heavy (non-hydrogen) atoms. The van der Waals surface area contributed by atoms with Crippen molar-refractivity contribution in [2.75, 3.05) is 13.2 Å². The van der Waals surface area contributed by atoms with Gasteiger partial charge in [0.15, 0.2) is 0 Å². The Balaban J connectivity index is 2.99. The van der Waals surface area contributed by atoms with Crippen molar-refractivity contribution in [3.05, 3.63) is 0 Å². The highest BCUT2D eigenvalue weighted by atomic mass is 16.5. The van der Waals surface area contributed by atoms with Gasteiger partial charge in [0.2, 0.25) is 0 Å². The molecule has 0 aromatic rings. The Morgan fingerprint density at radius 3 is 2.07 bits per heavy atom. The quantitative estimate of drug-likeness (QED) is 0.550. The fourth-order valence-corrected chi connectivity index (χ4v) is 0.919. The second-order valence-corrected chi connectivity index (χ2v) is 2.96. The number of hydrogen-bond donors (Lipinski definition) is 2. The van der Waals surface area contributed by atoms with Crippen LogP contribution in [0.5, 0.6) is 0 Å². The molecule has 0 atom stereocenters. The first kappa shape index (κ1) is 12.9. The highest BCUT2D eigenvalue weighted by Crippen LogP contribution is 2.00. The normalized spacial score (nSPS) is 10.0. The zero-order valence-corrected chi connectivity index (χ0v) is 8.07. The van der Waals surface area contributed by atoms with E-state index in [4.69, 9.17) is 14.9 Å². The molecule has 0 radical (unpaired) electrons. The van der Waals surface area contributed by atoms with E-state index in [9.17, 15) is 9.59 Å². The lowest BCUT2D eigenvalue weighted by Crippen LogP contribution is -2.03. The molecular weight excluding hydrogens is 188 g/mol. The van der Waals surface area contributed by atoms with E-state index in [1.807, 2.05) is 0 Å². The summed E-state index contributed by atoms with van der Waals surface area (Å²) < 4.78 is 5.02. The van der Waals surface area contributed by atoms with Crippen molar-refractivity contribution in [3.8, 4) is 0 Å². The van der Waals surface area contributed by atoms with Crippen LogP contribution in [0.4, 0.5) is 0 Å². The van der Waals surface area contributed by atoms with Crippen LogP contribution in [-0.2, 0) is 14.3 Å². The van der Waals surface area contributed by atoms with E-state index < -0.39 is 11.9 Å². The third-order valence-corrected chi connectivity index (χ3v) is 1.64. The zero-order chi connectivity index (χ0) is 10.8. The average Bonchev–Trinajstić information content (AvgIpc) is 2.08. The first-order chi connectivity index (χ1) is 6.63. The molecule has 0 aliphatic carbocycles. The van der Waals surface area contributed by atoms with Crippen molar-refractivity contribution in [1.29, 1.82) is 0 Å². The molecule has 5 nitrogen and oxygen atoms in total. The third-order valence-electron chi connectivity index (χ3n) is 1.64. The fourth-order valence-electron chi connectivity index (χ4n) is 0.919. The Morgan fingerprint density at radius 2 is 1.50 bits per heavy atom. The molecule has 0 rings (SSSR count). The van der Waals surface area contributed by atoms with Gasteiger partial charge in [0.05, 0.1) is 13.0 Å². The molecule has 0 saturated heterocycles. The molecule has 0 unspecified atom stereocenters. The van der Waals surface area contributed by atoms with Crippen LogP contribution in [0.2, 0.25) is 0 Å². The lowest BCUT2D eigenvalue weighted by molar-refractivity contribution is -0.139. The number of unbranched alkanes of at least 4 members (excludes halogenated alkanes) is 2. The number of carbonyl (C=O) groups is 2. The van der Waals surface area contributed by atoms with E-state index in [1.54, 1.807) is 0 Å². The monoisotopic (exact) mass is 204 g/mol. The van der Waals surface area contributed by atoms with Gasteiger partial charge in [-0.3, -0.25) is 9.59 Å². The van der Waals surface area contributed by atoms with Crippen molar-refractivity contribution in [1.82, 2.24) is 0 Å². The van der Waals surface area contributed by atoms with E-state index >= 15 is 0 Å². The highest BCUT2D eigenvalue weighted by molar-refractivity contribution is 5.66. The Morgan fingerprint density at radius 1 is 0.857 bits per heavy atom. The third kappa shape index (κ3) is 10.9. The standard InChI is InChI=1S/C9H16O5/c10-8(11)4-2-1-3-6-14-7-5-9(12)13/h1-7H2,(H,10,11)(H,12,13). The Kier molecular flexibility index (Phi) is 7.83. The SMILES string of the molecule is O=C(O)CCCCCOCCC(=O)O. The number of carboxylic acids is 2. The smallest absolute Gasteiger partial charge is 0.305 e. The summed E-state index contributed by atoms with van der Waals surface area (Å²) in [6.07, 6.45) is 2.45. The van der Waals surface area contributed by atoms with Crippen LogP contribution in [0.1, 0.15) is 32.1 Å². The first-order valence-electron chi connectivity index (χ1n) is 4.64. The van der Waals surface area contributed by atoms with Gasteiger partial charge in [0, 0.05) is 13.0 Å². The number of hydrogen-bond acceptors (Lipinski definition) is 3. The van der Waals surface area contributed by atoms with Crippen LogP contribution in [0.25, 0.3) is 0 Å². The van der Waals surface area contributed by atoms with E-state index in [-0.39, 0.29) is 19.4 Å².